The fourth-order valence-corrected chi connectivity index (χ4v) is 5.15. The van der Waals surface area contributed by atoms with Crippen molar-refractivity contribution in [2.24, 2.45) is 22.7 Å². The van der Waals surface area contributed by atoms with Gasteiger partial charge in [-0.1, -0.05) is 33.8 Å². The molecule has 1 aromatic heterocycles. The van der Waals surface area contributed by atoms with Crippen LogP contribution in [0.4, 0.5) is 0 Å². The van der Waals surface area contributed by atoms with Crippen molar-refractivity contribution in [3.05, 3.63) is 30.1 Å². The van der Waals surface area contributed by atoms with Crippen LogP contribution < -0.4 is 0 Å². The van der Waals surface area contributed by atoms with Crippen LogP contribution in [0.15, 0.2) is 24.4 Å². The Kier molecular flexibility index (Phi) is 3.90. The highest BCUT2D eigenvalue weighted by molar-refractivity contribution is 5.92. The SMILES string of the molecule is CC1(C)C(C(=O)N2CC3CCC2CN(C(=O)c2ccccn2)C3)C1(C)C. The van der Waals surface area contributed by atoms with Crippen LogP contribution in [0.3, 0.4) is 0 Å². The van der Waals surface area contributed by atoms with E-state index in [0.29, 0.717) is 24.1 Å². The Morgan fingerprint density at radius 3 is 2.38 bits per heavy atom. The summed E-state index contributed by atoms with van der Waals surface area (Å²) in [6.07, 6.45) is 3.75. The number of hydrogen-bond donors (Lipinski definition) is 0. The average Bonchev–Trinajstić information content (AvgIpc) is 3.19. The summed E-state index contributed by atoms with van der Waals surface area (Å²) in [5.41, 5.74) is 0.606. The van der Waals surface area contributed by atoms with Gasteiger partial charge < -0.3 is 9.80 Å². The minimum atomic E-state index is -0.0103. The molecule has 140 valence electrons. The predicted molar refractivity (Wildman–Crippen MR) is 99.4 cm³/mol. The molecule has 0 aromatic carbocycles. The number of aromatic nitrogens is 1. The van der Waals surface area contributed by atoms with Gasteiger partial charge in [0.15, 0.2) is 0 Å². The molecule has 2 bridgehead atoms. The maximum absolute atomic E-state index is 13.3. The Hall–Kier alpha value is -1.91. The van der Waals surface area contributed by atoms with E-state index in [0.717, 1.165) is 25.9 Å². The van der Waals surface area contributed by atoms with E-state index in [-0.39, 0.29) is 28.7 Å². The van der Waals surface area contributed by atoms with Gasteiger partial charge in [0.25, 0.3) is 5.91 Å². The van der Waals surface area contributed by atoms with Gasteiger partial charge in [0.05, 0.1) is 0 Å². The molecule has 1 saturated carbocycles. The first kappa shape index (κ1) is 17.5. The molecule has 26 heavy (non-hydrogen) atoms. The summed E-state index contributed by atoms with van der Waals surface area (Å²) in [7, 11) is 0. The lowest BCUT2D eigenvalue weighted by Gasteiger charge is -2.36. The Balaban J connectivity index is 1.52. The monoisotopic (exact) mass is 355 g/mol. The van der Waals surface area contributed by atoms with Crippen LogP contribution in [0.1, 0.15) is 51.0 Å². The van der Waals surface area contributed by atoms with E-state index in [4.69, 9.17) is 0 Å². The summed E-state index contributed by atoms with van der Waals surface area (Å²) in [4.78, 5) is 34.4. The molecule has 4 fully saturated rings. The summed E-state index contributed by atoms with van der Waals surface area (Å²) < 4.78 is 0. The van der Waals surface area contributed by atoms with Crippen LogP contribution in [0.2, 0.25) is 0 Å². The normalized spacial score (nSPS) is 29.4. The molecule has 4 aliphatic rings. The molecule has 3 saturated heterocycles. The van der Waals surface area contributed by atoms with E-state index in [1.165, 1.54) is 0 Å². The van der Waals surface area contributed by atoms with Crippen molar-refractivity contribution in [1.82, 2.24) is 14.8 Å². The Labute approximate surface area is 155 Å². The van der Waals surface area contributed by atoms with E-state index in [1.807, 2.05) is 17.0 Å². The number of hydrogen-bond acceptors (Lipinski definition) is 3. The van der Waals surface area contributed by atoms with E-state index in [2.05, 4.69) is 37.6 Å². The molecule has 2 amide bonds. The number of piperidine rings is 1. The molecule has 2 atom stereocenters. The lowest BCUT2D eigenvalue weighted by atomic mass is 9.94. The Bertz CT molecular complexity index is 714. The van der Waals surface area contributed by atoms with Crippen LogP contribution in [0.5, 0.6) is 0 Å². The van der Waals surface area contributed by atoms with Crippen molar-refractivity contribution in [2.75, 3.05) is 19.6 Å². The Morgan fingerprint density at radius 2 is 1.77 bits per heavy atom. The number of pyridine rings is 1. The molecule has 1 aromatic rings. The molecule has 0 spiro atoms. The summed E-state index contributed by atoms with van der Waals surface area (Å²) in [6, 6.07) is 5.58. The maximum Gasteiger partial charge on any atom is 0.272 e. The van der Waals surface area contributed by atoms with Crippen LogP contribution in [-0.2, 0) is 4.79 Å². The number of carbonyl (C=O) groups is 2. The fraction of sp³-hybridized carbons (Fsp3) is 0.667. The number of carbonyl (C=O) groups excluding carboxylic acids is 2. The molecular weight excluding hydrogens is 326 g/mol. The zero-order chi connectivity index (χ0) is 18.7. The average molecular weight is 355 g/mol. The van der Waals surface area contributed by atoms with Gasteiger partial charge in [-0.3, -0.25) is 14.6 Å². The van der Waals surface area contributed by atoms with E-state index in [1.54, 1.807) is 12.3 Å². The third kappa shape index (κ3) is 2.55. The summed E-state index contributed by atoms with van der Waals surface area (Å²) in [6.45, 7) is 10.9. The van der Waals surface area contributed by atoms with Gasteiger partial charge in [-0.15, -0.1) is 0 Å². The third-order valence-electron chi connectivity index (χ3n) is 7.44. The van der Waals surface area contributed by atoms with Gasteiger partial charge in [-0.25, -0.2) is 0 Å². The highest BCUT2D eigenvalue weighted by atomic mass is 16.2. The number of fused-ring (bicyclic) bond motifs is 4. The van der Waals surface area contributed by atoms with E-state index >= 15 is 0 Å². The first-order valence-electron chi connectivity index (χ1n) is 9.74. The largest absolute Gasteiger partial charge is 0.337 e. The lowest BCUT2D eigenvalue weighted by Crippen LogP contribution is -2.49. The zero-order valence-electron chi connectivity index (χ0n) is 16.2. The first-order chi connectivity index (χ1) is 12.2. The van der Waals surface area contributed by atoms with Crippen LogP contribution in [0.25, 0.3) is 0 Å². The second-order valence-electron chi connectivity index (χ2n) is 9.39. The van der Waals surface area contributed by atoms with E-state index in [9.17, 15) is 9.59 Å². The number of amides is 2. The highest BCUT2D eigenvalue weighted by Gasteiger charge is 2.69. The second-order valence-corrected chi connectivity index (χ2v) is 9.39. The number of nitrogens with zero attached hydrogens (tertiary/aromatic N) is 3. The van der Waals surface area contributed by atoms with Crippen molar-refractivity contribution < 1.29 is 9.59 Å². The Morgan fingerprint density at radius 1 is 1.04 bits per heavy atom. The smallest absolute Gasteiger partial charge is 0.272 e. The fourth-order valence-electron chi connectivity index (χ4n) is 5.15. The second kappa shape index (κ2) is 5.80. The minimum Gasteiger partial charge on any atom is -0.337 e. The zero-order valence-corrected chi connectivity index (χ0v) is 16.2. The maximum atomic E-state index is 13.3. The lowest BCUT2D eigenvalue weighted by molar-refractivity contribution is -0.138. The third-order valence-corrected chi connectivity index (χ3v) is 7.44. The molecule has 5 heteroatoms. The predicted octanol–water partition coefficient (Wildman–Crippen LogP) is 2.83. The van der Waals surface area contributed by atoms with Gasteiger partial charge in [0, 0.05) is 37.8 Å². The first-order valence-corrected chi connectivity index (χ1v) is 9.74. The van der Waals surface area contributed by atoms with Gasteiger partial charge in [0.2, 0.25) is 5.91 Å². The molecule has 0 radical (unpaired) electrons. The van der Waals surface area contributed by atoms with Gasteiger partial charge in [-0.05, 0) is 41.7 Å². The molecule has 2 unspecified atom stereocenters. The topological polar surface area (TPSA) is 53.5 Å². The number of rotatable bonds is 2. The van der Waals surface area contributed by atoms with Crippen LogP contribution in [-0.4, -0.2) is 52.3 Å². The van der Waals surface area contributed by atoms with Crippen LogP contribution >= 0.6 is 0 Å². The van der Waals surface area contributed by atoms with Gasteiger partial charge in [0.1, 0.15) is 5.69 Å². The summed E-state index contributed by atoms with van der Waals surface area (Å²) in [5.74, 6) is 0.746. The molecule has 5 rings (SSSR count). The highest BCUT2D eigenvalue weighted by Crippen LogP contribution is 2.69. The molecule has 0 N–H and O–H groups in total. The van der Waals surface area contributed by atoms with Crippen LogP contribution in [0, 0.1) is 22.7 Å². The molecular formula is C21H29N3O2. The van der Waals surface area contributed by atoms with Gasteiger partial charge >= 0.3 is 0 Å². The molecule has 1 aliphatic carbocycles. The van der Waals surface area contributed by atoms with E-state index < -0.39 is 0 Å². The summed E-state index contributed by atoms with van der Waals surface area (Å²) >= 11 is 0. The van der Waals surface area contributed by atoms with Crippen molar-refractivity contribution in [3.8, 4) is 0 Å². The van der Waals surface area contributed by atoms with Crippen molar-refractivity contribution in [2.45, 2.75) is 46.6 Å². The quantitative estimate of drug-likeness (QED) is 0.820. The standard InChI is InChI=1S/C21H29N3O2/c1-20(2)17(21(20,3)4)19(26)24-12-14-8-9-15(24)13-23(11-14)18(25)16-7-5-6-10-22-16/h5-7,10,14-15,17H,8-9,11-13H2,1-4H3. The van der Waals surface area contributed by atoms with Crippen molar-refractivity contribution in [1.29, 1.82) is 0 Å². The minimum absolute atomic E-state index is 0.0103. The summed E-state index contributed by atoms with van der Waals surface area (Å²) in [5, 5.41) is 0. The molecule has 3 aliphatic heterocycles. The van der Waals surface area contributed by atoms with Crippen molar-refractivity contribution in [3.63, 3.8) is 0 Å². The van der Waals surface area contributed by atoms with Gasteiger partial charge in [-0.2, -0.15) is 0 Å². The van der Waals surface area contributed by atoms with Crippen molar-refractivity contribution >= 4 is 11.8 Å². The molecule has 4 heterocycles. The molecule has 5 nitrogen and oxygen atoms in total.